The lowest BCUT2D eigenvalue weighted by atomic mass is 10.1. The van der Waals surface area contributed by atoms with Crippen LogP contribution >= 0.6 is 0 Å². The van der Waals surface area contributed by atoms with Gasteiger partial charge in [0.15, 0.2) is 0 Å². The zero-order chi connectivity index (χ0) is 11.7. The molecule has 0 aliphatic rings. The summed E-state index contributed by atoms with van der Waals surface area (Å²) < 4.78 is 0. The van der Waals surface area contributed by atoms with Crippen LogP contribution in [0, 0.1) is 0 Å². The number of hydrogen-bond acceptors (Lipinski definition) is 1. The van der Waals surface area contributed by atoms with Gasteiger partial charge in [-0.15, -0.1) is 0 Å². The second kappa shape index (κ2) is 4.00. The van der Waals surface area contributed by atoms with Gasteiger partial charge in [0.05, 0.1) is 0 Å². The van der Waals surface area contributed by atoms with Crippen LogP contribution < -0.4 is 0 Å². The molecular formula is C13H16N2O. The monoisotopic (exact) mass is 216 g/mol. The molecule has 1 heterocycles. The predicted molar refractivity (Wildman–Crippen MR) is 65.5 cm³/mol. The zero-order valence-corrected chi connectivity index (χ0v) is 9.82. The Labute approximate surface area is 95.1 Å². The molecule has 84 valence electrons. The Morgan fingerprint density at radius 1 is 1.31 bits per heavy atom. The largest absolute Gasteiger partial charge is 0.361 e. The van der Waals surface area contributed by atoms with Gasteiger partial charge >= 0.3 is 0 Å². The summed E-state index contributed by atoms with van der Waals surface area (Å²) in [7, 11) is 1.83. The van der Waals surface area contributed by atoms with Gasteiger partial charge < -0.3 is 9.88 Å². The molecule has 0 saturated carbocycles. The van der Waals surface area contributed by atoms with Gasteiger partial charge in [-0.1, -0.05) is 0 Å². The van der Waals surface area contributed by atoms with E-state index in [-0.39, 0.29) is 11.9 Å². The van der Waals surface area contributed by atoms with Crippen LogP contribution in [-0.4, -0.2) is 28.9 Å². The predicted octanol–water partition coefficient (Wildman–Crippen LogP) is 2.65. The number of rotatable bonds is 2. The summed E-state index contributed by atoms with van der Waals surface area (Å²) in [6.45, 7) is 4.01. The zero-order valence-electron chi connectivity index (χ0n) is 9.82. The fourth-order valence-corrected chi connectivity index (χ4v) is 1.62. The second-order valence-electron chi connectivity index (χ2n) is 4.29. The maximum absolute atomic E-state index is 12.1. The van der Waals surface area contributed by atoms with E-state index in [9.17, 15) is 4.79 Å². The van der Waals surface area contributed by atoms with Crippen LogP contribution in [0.15, 0.2) is 30.5 Å². The van der Waals surface area contributed by atoms with E-state index in [0.717, 1.165) is 16.5 Å². The molecule has 0 spiro atoms. The lowest BCUT2D eigenvalue weighted by Crippen LogP contribution is -2.32. The smallest absolute Gasteiger partial charge is 0.253 e. The third-order valence-electron chi connectivity index (χ3n) is 2.90. The highest BCUT2D eigenvalue weighted by Crippen LogP contribution is 2.15. The van der Waals surface area contributed by atoms with E-state index in [0.29, 0.717) is 0 Å². The molecule has 0 aliphatic carbocycles. The van der Waals surface area contributed by atoms with Crippen molar-refractivity contribution < 1.29 is 4.79 Å². The van der Waals surface area contributed by atoms with Crippen molar-refractivity contribution in [2.24, 2.45) is 0 Å². The molecule has 0 radical (unpaired) electrons. The highest BCUT2D eigenvalue weighted by atomic mass is 16.2. The minimum absolute atomic E-state index is 0.0677. The first-order valence-electron chi connectivity index (χ1n) is 5.44. The molecule has 0 atom stereocenters. The van der Waals surface area contributed by atoms with Gasteiger partial charge in [0, 0.05) is 35.8 Å². The number of fused-ring (bicyclic) bond motifs is 1. The van der Waals surface area contributed by atoms with Gasteiger partial charge in [0.25, 0.3) is 5.91 Å². The standard InChI is InChI=1S/C13H16N2O/c1-9(2)15(3)13(16)11-4-5-12-10(8-11)6-7-14-12/h4-9,14H,1-3H3. The Morgan fingerprint density at radius 3 is 2.75 bits per heavy atom. The fourth-order valence-electron chi connectivity index (χ4n) is 1.62. The van der Waals surface area contributed by atoms with Crippen LogP contribution in [0.2, 0.25) is 0 Å². The van der Waals surface area contributed by atoms with E-state index in [2.05, 4.69) is 4.98 Å². The quantitative estimate of drug-likeness (QED) is 0.823. The second-order valence-corrected chi connectivity index (χ2v) is 4.29. The first-order chi connectivity index (χ1) is 7.59. The highest BCUT2D eigenvalue weighted by molar-refractivity contribution is 5.98. The summed E-state index contributed by atoms with van der Waals surface area (Å²) in [6.07, 6.45) is 1.88. The molecule has 0 unspecified atom stereocenters. The summed E-state index contributed by atoms with van der Waals surface area (Å²) in [4.78, 5) is 16.9. The van der Waals surface area contributed by atoms with Crippen molar-refractivity contribution in [2.45, 2.75) is 19.9 Å². The van der Waals surface area contributed by atoms with Gasteiger partial charge in [-0.2, -0.15) is 0 Å². The van der Waals surface area contributed by atoms with E-state index in [1.165, 1.54) is 0 Å². The van der Waals surface area contributed by atoms with Crippen molar-refractivity contribution in [1.82, 2.24) is 9.88 Å². The molecule has 3 heteroatoms. The molecule has 0 fully saturated rings. The summed E-state index contributed by atoms with van der Waals surface area (Å²) in [5, 5.41) is 1.07. The number of amides is 1. The molecule has 3 nitrogen and oxygen atoms in total. The van der Waals surface area contributed by atoms with Crippen molar-refractivity contribution in [3.8, 4) is 0 Å². The van der Waals surface area contributed by atoms with E-state index in [1.807, 2.05) is 51.4 Å². The number of H-pyrrole nitrogens is 1. The van der Waals surface area contributed by atoms with Crippen LogP contribution in [0.3, 0.4) is 0 Å². The maximum atomic E-state index is 12.1. The first kappa shape index (κ1) is 10.7. The van der Waals surface area contributed by atoms with Gasteiger partial charge in [-0.3, -0.25) is 4.79 Å². The SMILES string of the molecule is CC(C)N(C)C(=O)c1ccc2[nH]ccc2c1. The normalized spacial score (nSPS) is 11.0. The molecule has 16 heavy (non-hydrogen) atoms. The van der Waals surface area contributed by atoms with Crippen LogP contribution in [0.4, 0.5) is 0 Å². The summed E-state index contributed by atoms with van der Waals surface area (Å²) in [6, 6.07) is 7.92. The summed E-state index contributed by atoms with van der Waals surface area (Å²) in [5.41, 5.74) is 1.80. The summed E-state index contributed by atoms with van der Waals surface area (Å²) in [5.74, 6) is 0.0677. The molecule has 0 bridgehead atoms. The first-order valence-corrected chi connectivity index (χ1v) is 5.44. The number of nitrogens with zero attached hydrogens (tertiary/aromatic N) is 1. The molecule has 1 aromatic carbocycles. The Balaban J connectivity index is 2.36. The van der Waals surface area contributed by atoms with Crippen LogP contribution in [0.5, 0.6) is 0 Å². The third kappa shape index (κ3) is 1.81. The average Bonchev–Trinajstić information content (AvgIpc) is 2.73. The van der Waals surface area contributed by atoms with Gasteiger partial charge in [-0.25, -0.2) is 0 Å². The molecule has 2 rings (SSSR count). The number of nitrogens with one attached hydrogen (secondary N) is 1. The number of aromatic amines is 1. The van der Waals surface area contributed by atoms with E-state index < -0.39 is 0 Å². The number of aromatic nitrogens is 1. The van der Waals surface area contributed by atoms with Crippen molar-refractivity contribution in [1.29, 1.82) is 0 Å². The molecule has 1 amide bonds. The van der Waals surface area contributed by atoms with Crippen LogP contribution in [0.1, 0.15) is 24.2 Å². The molecule has 1 N–H and O–H groups in total. The van der Waals surface area contributed by atoms with Crippen molar-refractivity contribution in [2.75, 3.05) is 7.05 Å². The minimum atomic E-state index is 0.0677. The molecule has 0 aliphatic heterocycles. The van der Waals surface area contributed by atoms with Gasteiger partial charge in [-0.05, 0) is 38.1 Å². The van der Waals surface area contributed by atoms with Crippen LogP contribution in [0.25, 0.3) is 10.9 Å². The van der Waals surface area contributed by atoms with Crippen molar-refractivity contribution in [3.63, 3.8) is 0 Å². The van der Waals surface area contributed by atoms with E-state index in [1.54, 1.807) is 4.90 Å². The molecular weight excluding hydrogens is 200 g/mol. The van der Waals surface area contributed by atoms with E-state index in [4.69, 9.17) is 0 Å². The third-order valence-corrected chi connectivity index (χ3v) is 2.90. The van der Waals surface area contributed by atoms with Crippen LogP contribution in [-0.2, 0) is 0 Å². The Morgan fingerprint density at radius 2 is 2.06 bits per heavy atom. The summed E-state index contributed by atoms with van der Waals surface area (Å²) >= 11 is 0. The minimum Gasteiger partial charge on any atom is -0.361 e. The Bertz CT molecular complexity index is 513. The highest BCUT2D eigenvalue weighted by Gasteiger charge is 2.14. The Kier molecular flexibility index (Phi) is 2.69. The number of benzene rings is 1. The van der Waals surface area contributed by atoms with Gasteiger partial charge in [0.1, 0.15) is 0 Å². The average molecular weight is 216 g/mol. The molecule has 2 aromatic rings. The fraction of sp³-hybridized carbons (Fsp3) is 0.308. The molecule has 0 saturated heterocycles. The van der Waals surface area contributed by atoms with Gasteiger partial charge in [0.2, 0.25) is 0 Å². The lowest BCUT2D eigenvalue weighted by molar-refractivity contribution is 0.0755. The topological polar surface area (TPSA) is 36.1 Å². The molecule has 1 aromatic heterocycles. The van der Waals surface area contributed by atoms with Crippen molar-refractivity contribution in [3.05, 3.63) is 36.0 Å². The maximum Gasteiger partial charge on any atom is 0.253 e. The van der Waals surface area contributed by atoms with E-state index >= 15 is 0 Å². The number of hydrogen-bond donors (Lipinski definition) is 1. The number of carbonyl (C=O) groups excluding carboxylic acids is 1. The number of carbonyl (C=O) groups is 1. The van der Waals surface area contributed by atoms with Crippen molar-refractivity contribution >= 4 is 16.8 Å². The Hall–Kier alpha value is -1.77. The lowest BCUT2D eigenvalue weighted by Gasteiger charge is -2.21.